The number of nitrogens with zero attached hydrogens (tertiary/aromatic N) is 1. The van der Waals surface area contributed by atoms with E-state index in [9.17, 15) is 4.79 Å². The van der Waals surface area contributed by atoms with Crippen LogP contribution in [0.1, 0.15) is 23.7 Å². The van der Waals surface area contributed by atoms with E-state index in [4.69, 9.17) is 16.3 Å². The molecule has 0 saturated carbocycles. The van der Waals surface area contributed by atoms with Crippen LogP contribution in [0.15, 0.2) is 30.3 Å². The minimum Gasteiger partial charge on any atom is -0.379 e. The van der Waals surface area contributed by atoms with E-state index in [-0.39, 0.29) is 11.4 Å². The maximum absolute atomic E-state index is 12.5. The molecule has 2 heterocycles. The lowest BCUT2D eigenvalue weighted by Gasteiger charge is -2.23. The van der Waals surface area contributed by atoms with Gasteiger partial charge in [0.05, 0.1) is 23.2 Å². The first kappa shape index (κ1) is 13.3. The summed E-state index contributed by atoms with van der Waals surface area (Å²) in [4.78, 5) is 16.7. The number of carbonyl (C=O) groups excluding carboxylic acids is 1. The van der Waals surface area contributed by atoms with Crippen molar-refractivity contribution in [2.24, 2.45) is 0 Å². The van der Waals surface area contributed by atoms with Crippen LogP contribution in [0, 0.1) is 0 Å². The smallest absolute Gasteiger partial charge is 0.252 e. The van der Waals surface area contributed by atoms with Crippen LogP contribution in [0.2, 0.25) is 5.15 Å². The molecule has 0 aliphatic carbocycles. The lowest BCUT2D eigenvalue weighted by Crippen LogP contribution is -2.46. The summed E-state index contributed by atoms with van der Waals surface area (Å²) in [5.74, 6) is -0.140. The lowest BCUT2D eigenvalue weighted by atomic mass is 10.0. The second-order valence-electron chi connectivity index (χ2n) is 5.33. The molecule has 3 rings (SSSR count). The number of hydrogen-bond donors (Lipinski definition) is 1. The fraction of sp³-hybridized carbons (Fsp3) is 0.333. The van der Waals surface area contributed by atoms with Crippen LogP contribution in [0.3, 0.4) is 0 Å². The normalized spacial score (nSPS) is 22.1. The second kappa shape index (κ2) is 5.04. The van der Waals surface area contributed by atoms with Gasteiger partial charge in [0.1, 0.15) is 5.15 Å². The number of halogens is 1. The van der Waals surface area contributed by atoms with E-state index >= 15 is 0 Å². The van der Waals surface area contributed by atoms with Crippen LogP contribution in [0.25, 0.3) is 10.9 Å². The molecule has 4 nitrogen and oxygen atoms in total. The van der Waals surface area contributed by atoms with E-state index in [1.165, 1.54) is 0 Å². The third kappa shape index (κ3) is 2.49. The maximum Gasteiger partial charge on any atom is 0.252 e. The van der Waals surface area contributed by atoms with E-state index < -0.39 is 0 Å². The molecule has 0 spiro atoms. The minimum absolute atomic E-state index is 0.140. The van der Waals surface area contributed by atoms with Gasteiger partial charge in [-0.15, -0.1) is 0 Å². The summed E-state index contributed by atoms with van der Waals surface area (Å²) >= 11 is 6.00. The van der Waals surface area contributed by atoms with Crippen molar-refractivity contribution in [3.05, 3.63) is 41.0 Å². The van der Waals surface area contributed by atoms with Crippen LogP contribution in [-0.2, 0) is 4.74 Å². The molecule has 2 aromatic rings. The molecular weight excluding hydrogens is 276 g/mol. The van der Waals surface area contributed by atoms with Crippen LogP contribution < -0.4 is 5.32 Å². The van der Waals surface area contributed by atoms with Crippen molar-refractivity contribution in [3.8, 4) is 0 Å². The Balaban J connectivity index is 1.98. The molecule has 1 amide bonds. The highest BCUT2D eigenvalue weighted by Crippen LogP contribution is 2.23. The molecule has 1 atom stereocenters. The first-order valence-electron chi connectivity index (χ1n) is 6.53. The number of fused-ring (bicyclic) bond motifs is 1. The van der Waals surface area contributed by atoms with Gasteiger partial charge in [0.15, 0.2) is 0 Å². The van der Waals surface area contributed by atoms with Crippen molar-refractivity contribution < 1.29 is 9.53 Å². The highest BCUT2D eigenvalue weighted by atomic mass is 35.5. The topological polar surface area (TPSA) is 51.2 Å². The van der Waals surface area contributed by atoms with E-state index in [1.807, 2.05) is 31.2 Å². The number of rotatable bonds is 2. The fourth-order valence-corrected chi connectivity index (χ4v) is 2.64. The molecule has 1 saturated heterocycles. The van der Waals surface area contributed by atoms with Gasteiger partial charge >= 0.3 is 0 Å². The van der Waals surface area contributed by atoms with E-state index in [0.29, 0.717) is 23.9 Å². The summed E-state index contributed by atoms with van der Waals surface area (Å²) < 4.78 is 5.35. The Morgan fingerprint density at radius 3 is 3.00 bits per heavy atom. The number of amides is 1. The summed E-state index contributed by atoms with van der Waals surface area (Å²) in [6.45, 7) is 3.20. The number of para-hydroxylation sites is 1. The molecular formula is C15H15ClN2O2. The van der Waals surface area contributed by atoms with E-state index in [1.54, 1.807) is 6.07 Å². The summed E-state index contributed by atoms with van der Waals surface area (Å²) in [6, 6.07) is 9.09. The monoisotopic (exact) mass is 290 g/mol. The largest absolute Gasteiger partial charge is 0.379 e. The summed E-state index contributed by atoms with van der Waals surface area (Å²) in [7, 11) is 0. The SMILES string of the molecule is CC1(NC(=O)c2cc(Cl)nc3ccccc23)CCOC1. The molecule has 1 unspecified atom stereocenters. The highest BCUT2D eigenvalue weighted by Gasteiger charge is 2.32. The highest BCUT2D eigenvalue weighted by molar-refractivity contribution is 6.30. The minimum atomic E-state index is -0.312. The number of hydrogen-bond acceptors (Lipinski definition) is 3. The lowest BCUT2D eigenvalue weighted by molar-refractivity contribution is 0.0891. The second-order valence-corrected chi connectivity index (χ2v) is 5.71. The number of aromatic nitrogens is 1. The van der Waals surface area contributed by atoms with Gasteiger partial charge in [0.25, 0.3) is 5.91 Å². The number of nitrogens with one attached hydrogen (secondary N) is 1. The van der Waals surface area contributed by atoms with Gasteiger partial charge in [0, 0.05) is 12.0 Å². The molecule has 20 heavy (non-hydrogen) atoms. The zero-order chi connectivity index (χ0) is 14.2. The number of pyridine rings is 1. The van der Waals surface area contributed by atoms with Crippen molar-refractivity contribution in [3.63, 3.8) is 0 Å². The van der Waals surface area contributed by atoms with Crippen molar-refractivity contribution >= 4 is 28.4 Å². The Kier molecular flexibility index (Phi) is 3.36. The van der Waals surface area contributed by atoms with Gasteiger partial charge in [-0.2, -0.15) is 0 Å². The molecule has 1 aliphatic rings. The number of carbonyl (C=O) groups is 1. The molecule has 1 aliphatic heterocycles. The van der Waals surface area contributed by atoms with Crippen molar-refractivity contribution in [2.75, 3.05) is 13.2 Å². The predicted molar refractivity (Wildman–Crippen MR) is 78.1 cm³/mol. The quantitative estimate of drug-likeness (QED) is 0.865. The molecule has 0 radical (unpaired) electrons. The van der Waals surface area contributed by atoms with Gasteiger partial charge in [-0.05, 0) is 25.5 Å². The van der Waals surface area contributed by atoms with Gasteiger partial charge < -0.3 is 10.1 Å². The van der Waals surface area contributed by atoms with Crippen LogP contribution >= 0.6 is 11.6 Å². The molecule has 0 bridgehead atoms. The Hall–Kier alpha value is -1.65. The molecule has 104 valence electrons. The zero-order valence-electron chi connectivity index (χ0n) is 11.1. The van der Waals surface area contributed by atoms with E-state index in [0.717, 1.165) is 17.3 Å². The third-order valence-electron chi connectivity index (χ3n) is 3.56. The Labute approximate surface area is 122 Å². The average Bonchev–Trinajstić information content (AvgIpc) is 2.84. The van der Waals surface area contributed by atoms with E-state index in [2.05, 4.69) is 10.3 Å². The maximum atomic E-state index is 12.5. The van der Waals surface area contributed by atoms with Crippen LogP contribution in [-0.4, -0.2) is 29.6 Å². The Morgan fingerprint density at radius 1 is 1.45 bits per heavy atom. The third-order valence-corrected chi connectivity index (χ3v) is 3.76. The van der Waals surface area contributed by atoms with Gasteiger partial charge in [0.2, 0.25) is 0 Å². The van der Waals surface area contributed by atoms with Gasteiger partial charge in [-0.1, -0.05) is 29.8 Å². The molecule has 1 fully saturated rings. The average molecular weight is 291 g/mol. The number of benzene rings is 1. The summed E-state index contributed by atoms with van der Waals surface area (Å²) in [5.41, 5.74) is 0.959. The summed E-state index contributed by atoms with van der Waals surface area (Å²) in [6.07, 6.45) is 0.815. The standard InChI is InChI=1S/C15H15ClN2O2/c1-15(6-7-20-9-15)18-14(19)11-8-13(16)17-12-5-3-2-4-10(11)12/h2-5,8H,6-7,9H2,1H3,(H,18,19). The fourth-order valence-electron chi connectivity index (χ4n) is 2.44. The molecule has 1 N–H and O–H groups in total. The van der Waals surface area contributed by atoms with Crippen molar-refractivity contribution in [1.29, 1.82) is 0 Å². The number of ether oxygens (including phenoxy) is 1. The first-order valence-corrected chi connectivity index (χ1v) is 6.91. The van der Waals surface area contributed by atoms with Gasteiger partial charge in [-0.3, -0.25) is 4.79 Å². The van der Waals surface area contributed by atoms with Gasteiger partial charge in [-0.25, -0.2) is 4.98 Å². The predicted octanol–water partition coefficient (Wildman–Crippen LogP) is 2.80. The molecule has 1 aromatic heterocycles. The molecule has 5 heteroatoms. The first-order chi connectivity index (χ1) is 9.57. The van der Waals surface area contributed by atoms with Crippen LogP contribution in [0.4, 0.5) is 0 Å². The van der Waals surface area contributed by atoms with Crippen molar-refractivity contribution in [1.82, 2.24) is 10.3 Å². The van der Waals surface area contributed by atoms with Crippen molar-refractivity contribution in [2.45, 2.75) is 18.9 Å². The summed E-state index contributed by atoms with van der Waals surface area (Å²) in [5, 5.41) is 4.16. The molecule has 1 aromatic carbocycles. The zero-order valence-corrected chi connectivity index (χ0v) is 11.9. The Bertz CT molecular complexity index is 666. The van der Waals surface area contributed by atoms with Crippen LogP contribution in [0.5, 0.6) is 0 Å². The Morgan fingerprint density at radius 2 is 2.25 bits per heavy atom.